The summed E-state index contributed by atoms with van der Waals surface area (Å²) < 4.78 is 28.4. The lowest BCUT2D eigenvalue weighted by Crippen LogP contribution is -2.19. The van der Waals surface area contributed by atoms with Crippen LogP contribution < -0.4 is 15.4 Å². The molecular formula is C22H20N4O3S2. The van der Waals surface area contributed by atoms with Gasteiger partial charge in [0.15, 0.2) is 5.13 Å². The molecule has 0 bridgehead atoms. The molecule has 0 atom stereocenters. The number of benzene rings is 3. The molecule has 0 fully saturated rings. The van der Waals surface area contributed by atoms with Crippen LogP contribution in [-0.2, 0) is 10.0 Å². The maximum atomic E-state index is 12.6. The summed E-state index contributed by atoms with van der Waals surface area (Å²) in [5, 5.41) is 5.83. The van der Waals surface area contributed by atoms with Gasteiger partial charge in [-0.1, -0.05) is 41.2 Å². The van der Waals surface area contributed by atoms with Gasteiger partial charge in [-0.2, -0.15) is 0 Å². The molecule has 1 heterocycles. The second-order valence-corrected chi connectivity index (χ2v) is 9.78. The number of anilines is 3. The third-order valence-corrected chi connectivity index (χ3v) is 6.89. The molecule has 0 radical (unpaired) electrons. The van der Waals surface area contributed by atoms with Crippen molar-refractivity contribution in [1.29, 1.82) is 0 Å². The van der Waals surface area contributed by atoms with E-state index in [0.717, 1.165) is 15.8 Å². The summed E-state index contributed by atoms with van der Waals surface area (Å²) in [5.74, 6) is 0. The largest absolute Gasteiger partial charge is 0.323 e. The number of hydrogen-bond donors (Lipinski definition) is 3. The maximum Gasteiger partial charge on any atom is 0.323 e. The number of amides is 2. The van der Waals surface area contributed by atoms with E-state index in [4.69, 9.17) is 0 Å². The van der Waals surface area contributed by atoms with Crippen LogP contribution >= 0.6 is 11.3 Å². The summed E-state index contributed by atoms with van der Waals surface area (Å²) in [6.45, 7) is 3.84. The van der Waals surface area contributed by atoms with Gasteiger partial charge >= 0.3 is 6.03 Å². The Balaban J connectivity index is 1.49. The van der Waals surface area contributed by atoms with Crippen LogP contribution in [0.5, 0.6) is 0 Å². The van der Waals surface area contributed by atoms with Crippen molar-refractivity contribution in [3.8, 4) is 0 Å². The number of sulfonamides is 1. The lowest BCUT2D eigenvalue weighted by Gasteiger charge is -2.08. The Bertz CT molecular complexity index is 1360. The zero-order valence-electron chi connectivity index (χ0n) is 16.8. The first-order chi connectivity index (χ1) is 14.8. The number of nitrogens with one attached hydrogen (secondary N) is 3. The van der Waals surface area contributed by atoms with Gasteiger partial charge in [-0.25, -0.2) is 18.2 Å². The molecule has 0 unspecified atom stereocenters. The molecule has 3 aromatic carbocycles. The molecule has 7 nitrogen and oxygen atoms in total. The highest BCUT2D eigenvalue weighted by Gasteiger charge is 2.16. The number of aromatic nitrogens is 1. The molecule has 31 heavy (non-hydrogen) atoms. The number of nitrogens with zero attached hydrogens (tertiary/aromatic N) is 1. The van der Waals surface area contributed by atoms with Gasteiger partial charge in [0.1, 0.15) is 0 Å². The Morgan fingerprint density at radius 3 is 2.29 bits per heavy atom. The number of thiazole rings is 1. The zero-order valence-corrected chi connectivity index (χ0v) is 18.5. The van der Waals surface area contributed by atoms with E-state index in [2.05, 4.69) is 20.3 Å². The minimum Gasteiger partial charge on any atom is -0.308 e. The highest BCUT2D eigenvalue weighted by molar-refractivity contribution is 7.93. The summed E-state index contributed by atoms with van der Waals surface area (Å²) in [5.41, 5.74) is 3.93. The fourth-order valence-corrected chi connectivity index (χ4v) is 5.09. The lowest BCUT2D eigenvalue weighted by atomic mass is 10.2. The standard InChI is InChI=1S/C22H20N4O3S2/c1-14-6-9-18(10-7-14)31(28,29)26-22-25-19-11-8-17(13-20(19)30-22)24-21(27)23-16-5-3-4-15(2)12-16/h3-13H,1-2H3,(H,25,26)(H2,23,24,27). The molecule has 0 spiro atoms. The minimum atomic E-state index is -3.73. The van der Waals surface area contributed by atoms with Gasteiger partial charge in [-0.3, -0.25) is 4.72 Å². The molecule has 0 saturated heterocycles. The third-order valence-electron chi connectivity index (χ3n) is 4.48. The van der Waals surface area contributed by atoms with Gasteiger partial charge in [0, 0.05) is 11.4 Å². The summed E-state index contributed by atoms with van der Waals surface area (Å²) in [6, 6.07) is 18.9. The first-order valence-corrected chi connectivity index (χ1v) is 11.7. The number of carbonyl (C=O) groups is 1. The SMILES string of the molecule is Cc1ccc(S(=O)(=O)Nc2nc3ccc(NC(=O)Nc4cccc(C)c4)cc3s2)cc1. The van der Waals surface area contributed by atoms with Crippen LogP contribution in [0.1, 0.15) is 11.1 Å². The number of aryl methyl sites for hydroxylation is 2. The molecular weight excluding hydrogens is 432 g/mol. The molecule has 2 amide bonds. The average molecular weight is 453 g/mol. The maximum absolute atomic E-state index is 12.6. The Kier molecular flexibility index (Phi) is 5.62. The minimum absolute atomic E-state index is 0.174. The van der Waals surface area contributed by atoms with E-state index in [9.17, 15) is 13.2 Å². The molecule has 0 aliphatic heterocycles. The highest BCUT2D eigenvalue weighted by Crippen LogP contribution is 2.30. The van der Waals surface area contributed by atoms with E-state index in [1.807, 2.05) is 38.1 Å². The first kappa shape index (κ1) is 20.8. The van der Waals surface area contributed by atoms with Crippen molar-refractivity contribution in [2.24, 2.45) is 0 Å². The summed E-state index contributed by atoms with van der Waals surface area (Å²) >= 11 is 1.20. The van der Waals surface area contributed by atoms with Crippen LogP contribution in [0.4, 0.5) is 21.3 Å². The van der Waals surface area contributed by atoms with Crippen molar-refractivity contribution in [3.63, 3.8) is 0 Å². The molecule has 0 aliphatic carbocycles. The number of carbonyl (C=O) groups excluding carboxylic acids is 1. The molecule has 4 aromatic rings. The zero-order chi connectivity index (χ0) is 22.0. The molecule has 158 valence electrons. The Hall–Kier alpha value is -3.43. The van der Waals surface area contributed by atoms with Crippen molar-refractivity contribution in [3.05, 3.63) is 77.9 Å². The van der Waals surface area contributed by atoms with E-state index >= 15 is 0 Å². The summed E-state index contributed by atoms with van der Waals surface area (Å²) in [7, 11) is -3.73. The van der Waals surface area contributed by atoms with Gasteiger partial charge in [-0.15, -0.1) is 0 Å². The lowest BCUT2D eigenvalue weighted by molar-refractivity contribution is 0.262. The molecule has 0 saturated carbocycles. The second-order valence-electron chi connectivity index (χ2n) is 7.07. The van der Waals surface area contributed by atoms with Crippen molar-refractivity contribution in [2.75, 3.05) is 15.4 Å². The van der Waals surface area contributed by atoms with Gasteiger partial charge < -0.3 is 10.6 Å². The topological polar surface area (TPSA) is 100 Å². The summed E-state index contributed by atoms with van der Waals surface area (Å²) in [6.07, 6.45) is 0. The van der Waals surface area contributed by atoms with Crippen LogP contribution in [0.15, 0.2) is 71.6 Å². The van der Waals surface area contributed by atoms with Crippen LogP contribution in [0.2, 0.25) is 0 Å². The second kappa shape index (κ2) is 8.37. The average Bonchev–Trinajstić information content (AvgIpc) is 3.09. The normalized spacial score (nSPS) is 11.3. The Labute approximate surface area is 184 Å². The van der Waals surface area contributed by atoms with Gasteiger partial charge in [0.2, 0.25) is 0 Å². The van der Waals surface area contributed by atoms with Gasteiger partial charge in [0.25, 0.3) is 10.0 Å². The fraction of sp³-hybridized carbons (Fsp3) is 0.0909. The number of urea groups is 1. The number of fused-ring (bicyclic) bond motifs is 1. The predicted octanol–water partition coefficient (Wildman–Crippen LogP) is 5.36. The molecule has 9 heteroatoms. The predicted molar refractivity (Wildman–Crippen MR) is 125 cm³/mol. The van der Waals surface area contributed by atoms with Crippen molar-refractivity contribution < 1.29 is 13.2 Å². The molecule has 4 rings (SSSR count). The van der Waals surface area contributed by atoms with Crippen LogP contribution in [0.25, 0.3) is 10.2 Å². The monoisotopic (exact) mass is 452 g/mol. The molecule has 0 aliphatic rings. The van der Waals surface area contributed by atoms with Crippen LogP contribution in [0, 0.1) is 13.8 Å². The summed E-state index contributed by atoms with van der Waals surface area (Å²) in [4.78, 5) is 16.8. The van der Waals surface area contributed by atoms with Crippen molar-refractivity contribution in [1.82, 2.24) is 4.98 Å². The van der Waals surface area contributed by atoms with E-state index in [1.54, 1.807) is 42.5 Å². The Morgan fingerprint density at radius 1 is 0.871 bits per heavy atom. The van der Waals surface area contributed by atoms with Gasteiger partial charge in [0.05, 0.1) is 15.1 Å². The third kappa shape index (κ3) is 5.01. The number of hydrogen-bond acceptors (Lipinski definition) is 5. The first-order valence-electron chi connectivity index (χ1n) is 9.43. The molecule has 1 aromatic heterocycles. The fourth-order valence-electron chi connectivity index (χ4n) is 2.95. The number of rotatable bonds is 5. The van der Waals surface area contributed by atoms with Gasteiger partial charge in [-0.05, 0) is 61.9 Å². The smallest absolute Gasteiger partial charge is 0.308 e. The highest BCUT2D eigenvalue weighted by atomic mass is 32.2. The van der Waals surface area contributed by atoms with E-state index in [-0.39, 0.29) is 16.1 Å². The van der Waals surface area contributed by atoms with Crippen LogP contribution in [-0.4, -0.2) is 19.4 Å². The Morgan fingerprint density at radius 2 is 1.58 bits per heavy atom. The van der Waals surface area contributed by atoms with Crippen molar-refractivity contribution >= 4 is 54.1 Å². The quantitative estimate of drug-likeness (QED) is 0.380. The van der Waals surface area contributed by atoms with Crippen molar-refractivity contribution in [2.45, 2.75) is 18.7 Å². The van der Waals surface area contributed by atoms with Crippen LogP contribution in [0.3, 0.4) is 0 Å². The van der Waals surface area contributed by atoms with E-state index < -0.39 is 10.0 Å². The van der Waals surface area contributed by atoms with E-state index in [0.29, 0.717) is 16.9 Å². The van der Waals surface area contributed by atoms with E-state index in [1.165, 1.54) is 11.3 Å². The molecule has 3 N–H and O–H groups in total.